The Morgan fingerprint density at radius 3 is 2.75 bits per heavy atom. The molecule has 0 amide bonds. The first-order valence-corrected chi connectivity index (χ1v) is 8.93. The summed E-state index contributed by atoms with van der Waals surface area (Å²) in [5.41, 5.74) is 2.35. The molecule has 0 aromatic heterocycles. The lowest BCUT2D eigenvalue weighted by Crippen LogP contribution is -2.26. The van der Waals surface area contributed by atoms with Crippen molar-refractivity contribution in [2.75, 3.05) is 18.1 Å². The molecule has 0 bridgehead atoms. The predicted molar refractivity (Wildman–Crippen MR) is 86.8 cm³/mol. The maximum absolute atomic E-state index is 13.3. The Hall–Kier alpha value is -0.540. The summed E-state index contributed by atoms with van der Waals surface area (Å²) < 4.78 is 13.3. The highest BCUT2D eigenvalue weighted by Gasteiger charge is 2.21. The van der Waals surface area contributed by atoms with Crippen LogP contribution in [0.2, 0.25) is 0 Å². The largest absolute Gasteiger partial charge is 0.310 e. The van der Waals surface area contributed by atoms with Crippen molar-refractivity contribution < 1.29 is 4.39 Å². The lowest BCUT2D eigenvalue weighted by Gasteiger charge is -2.28. The smallest absolute Gasteiger partial charge is 0.123 e. The number of hydrogen-bond donors (Lipinski definition) is 1. The van der Waals surface area contributed by atoms with Gasteiger partial charge in [-0.05, 0) is 79.8 Å². The number of benzene rings is 1. The minimum atomic E-state index is -0.130. The molecule has 0 aliphatic carbocycles. The Bertz CT molecular complexity index is 415. The molecule has 1 N–H and O–H groups in total. The van der Waals surface area contributed by atoms with Crippen LogP contribution in [0.15, 0.2) is 18.2 Å². The number of hydrogen-bond acceptors (Lipinski definition) is 2. The maximum atomic E-state index is 13.3. The fraction of sp³-hybridized carbons (Fsp3) is 0.647. The van der Waals surface area contributed by atoms with Gasteiger partial charge in [-0.2, -0.15) is 11.8 Å². The summed E-state index contributed by atoms with van der Waals surface area (Å²) in [7, 11) is 0. The molecule has 112 valence electrons. The molecule has 3 heteroatoms. The van der Waals surface area contributed by atoms with Gasteiger partial charge in [-0.15, -0.1) is 0 Å². The van der Waals surface area contributed by atoms with Crippen molar-refractivity contribution in [1.29, 1.82) is 0 Å². The van der Waals surface area contributed by atoms with E-state index < -0.39 is 0 Å². The molecule has 1 heterocycles. The van der Waals surface area contributed by atoms with E-state index in [1.165, 1.54) is 36.3 Å². The fourth-order valence-corrected chi connectivity index (χ4v) is 4.19. The van der Waals surface area contributed by atoms with Crippen LogP contribution < -0.4 is 5.32 Å². The highest BCUT2D eigenvalue weighted by molar-refractivity contribution is 7.99. The minimum Gasteiger partial charge on any atom is -0.310 e. The summed E-state index contributed by atoms with van der Waals surface area (Å²) in [6, 6.07) is 5.60. The molecule has 1 aromatic carbocycles. The Morgan fingerprint density at radius 1 is 1.35 bits per heavy atom. The summed E-state index contributed by atoms with van der Waals surface area (Å²) in [5.74, 6) is 3.28. The summed E-state index contributed by atoms with van der Waals surface area (Å²) in [6.07, 6.45) is 4.98. The second-order valence-corrected chi connectivity index (χ2v) is 7.02. The van der Waals surface area contributed by atoms with Gasteiger partial charge in [-0.1, -0.05) is 13.0 Å². The number of rotatable bonds is 6. The van der Waals surface area contributed by atoms with Crippen LogP contribution in [0.3, 0.4) is 0 Å². The minimum absolute atomic E-state index is 0.130. The van der Waals surface area contributed by atoms with Gasteiger partial charge in [0.2, 0.25) is 0 Å². The Balaban J connectivity index is 2.08. The van der Waals surface area contributed by atoms with Crippen LogP contribution in [-0.4, -0.2) is 18.1 Å². The van der Waals surface area contributed by atoms with Gasteiger partial charge in [0.1, 0.15) is 5.82 Å². The lowest BCUT2D eigenvalue weighted by molar-refractivity contribution is 0.369. The topological polar surface area (TPSA) is 12.0 Å². The molecule has 0 saturated carbocycles. The lowest BCUT2D eigenvalue weighted by atomic mass is 9.89. The van der Waals surface area contributed by atoms with Gasteiger partial charge in [-0.25, -0.2) is 4.39 Å². The molecular formula is C17H26FNS. The quantitative estimate of drug-likeness (QED) is 0.816. The van der Waals surface area contributed by atoms with Crippen LogP contribution in [0.25, 0.3) is 0 Å². The van der Waals surface area contributed by atoms with Crippen LogP contribution >= 0.6 is 11.8 Å². The zero-order valence-electron chi connectivity index (χ0n) is 12.6. The Labute approximate surface area is 126 Å². The molecule has 1 aliphatic heterocycles. The van der Waals surface area contributed by atoms with Gasteiger partial charge < -0.3 is 5.32 Å². The third-order valence-electron chi connectivity index (χ3n) is 4.16. The van der Waals surface area contributed by atoms with Crippen molar-refractivity contribution in [3.63, 3.8) is 0 Å². The van der Waals surface area contributed by atoms with Crippen molar-refractivity contribution in [2.45, 2.75) is 45.6 Å². The van der Waals surface area contributed by atoms with Crippen LogP contribution in [0, 0.1) is 18.7 Å². The third-order valence-corrected chi connectivity index (χ3v) is 5.21. The van der Waals surface area contributed by atoms with E-state index in [4.69, 9.17) is 0 Å². The highest BCUT2D eigenvalue weighted by Crippen LogP contribution is 2.32. The number of nitrogens with one attached hydrogen (secondary N) is 1. The molecular weight excluding hydrogens is 269 g/mol. The van der Waals surface area contributed by atoms with Gasteiger partial charge in [0.15, 0.2) is 0 Å². The van der Waals surface area contributed by atoms with Crippen molar-refractivity contribution in [1.82, 2.24) is 5.32 Å². The first-order chi connectivity index (χ1) is 9.70. The fourth-order valence-electron chi connectivity index (χ4n) is 2.98. The highest BCUT2D eigenvalue weighted by atomic mass is 32.2. The standard InChI is InChI=1S/C17H26FNS/c1-3-8-19-17(12-14-6-9-20-10-7-14)16-5-4-15(18)11-13(16)2/h4-5,11,14,17,19H,3,6-10,12H2,1-2H3. The van der Waals surface area contributed by atoms with E-state index in [1.807, 2.05) is 13.0 Å². The molecule has 1 aliphatic rings. The third kappa shape index (κ3) is 4.49. The molecule has 1 atom stereocenters. The molecule has 1 saturated heterocycles. The maximum Gasteiger partial charge on any atom is 0.123 e. The van der Waals surface area contributed by atoms with E-state index in [0.717, 1.165) is 24.4 Å². The van der Waals surface area contributed by atoms with Crippen molar-refractivity contribution in [3.05, 3.63) is 35.1 Å². The van der Waals surface area contributed by atoms with E-state index in [2.05, 4.69) is 24.0 Å². The Kier molecular flexibility index (Phi) is 6.37. The molecule has 1 unspecified atom stereocenters. The molecule has 1 aromatic rings. The van der Waals surface area contributed by atoms with Gasteiger partial charge in [-0.3, -0.25) is 0 Å². The van der Waals surface area contributed by atoms with Crippen LogP contribution in [0.4, 0.5) is 4.39 Å². The van der Waals surface area contributed by atoms with Crippen molar-refractivity contribution >= 4 is 11.8 Å². The SMILES string of the molecule is CCCNC(CC1CCSCC1)c1ccc(F)cc1C. The van der Waals surface area contributed by atoms with E-state index >= 15 is 0 Å². The first-order valence-electron chi connectivity index (χ1n) is 7.78. The van der Waals surface area contributed by atoms with Gasteiger partial charge in [0.05, 0.1) is 0 Å². The van der Waals surface area contributed by atoms with E-state index in [0.29, 0.717) is 6.04 Å². The van der Waals surface area contributed by atoms with E-state index in [-0.39, 0.29) is 5.82 Å². The average molecular weight is 295 g/mol. The van der Waals surface area contributed by atoms with Gasteiger partial charge in [0, 0.05) is 6.04 Å². The average Bonchev–Trinajstić information content (AvgIpc) is 2.45. The van der Waals surface area contributed by atoms with Crippen LogP contribution in [0.1, 0.15) is 49.8 Å². The summed E-state index contributed by atoms with van der Waals surface area (Å²) in [6.45, 7) is 5.25. The van der Waals surface area contributed by atoms with Crippen molar-refractivity contribution in [2.24, 2.45) is 5.92 Å². The zero-order valence-corrected chi connectivity index (χ0v) is 13.4. The van der Waals surface area contributed by atoms with Crippen LogP contribution in [0.5, 0.6) is 0 Å². The van der Waals surface area contributed by atoms with Gasteiger partial charge >= 0.3 is 0 Å². The predicted octanol–water partition coefficient (Wildman–Crippen LogP) is 4.71. The number of halogens is 1. The van der Waals surface area contributed by atoms with Crippen molar-refractivity contribution in [3.8, 4) is 0 Å². The second kappa shape index (κ2) is 8.04. The zero-order chi connectivity index (χ0) is 14.4. The molecule has 0 spiro atoms. The van der Waals surface area contributed by atoms with Crippen LogP contribution in [-0.2, 0) is 0 Å². The first kappa shape index (κ1) is 15.8. The molecule has 0 radical (unpaired) electrons. The number of thioether (sulfide) groups is 1. The summed E-state index contributed by atoms with van der Waals surface area (Å²) in [4.78, 5) is 0. The molecule has 2 rings (SSSR count). The second-order valence-electron chi connectivity index (χ2n) is 5.80. The number of aryl methyl sites for hydroxylation is 1. The molecule has 1 nitrogen and oxygen atoms in total. The monoisotopic (exact) mass is 295 g/mol. The van der Waals surface area contributed by atoms with E-state index in [9.17, 15) is 4.39 Å². The summed E-state index contributed by atoms with van der Waals surface area (Å²) in [5, 5.41) is 3.66. The van der Waals surface area contributed by atoms with E-state index in [1.54, 1.807) is 12.1 Å². The van der Waals surface area contributed by atoms with Gasteiger partial charge in [0.25, 0.3) is 0 Å². The Morgan fingerprint density at radius 2 is 2.10 bits per heavy atom. The normalized spacial score (nSPS) is 18.1. The molecule has 20 heavy (non-hydrogen) atoms. The summed E-state index contributed by atoms with van der Waals surface area (Å²) >= 11 is 2.07. The molecule has 1 fully saturated rings.